The monoisotopic (exact) mass is 391 g/mol. The van der Waals surface area contributed by atoms with Gasteiger partial charge in [0.2, 0.25) is 0 Å². The fourth-order valence-electron chi connectivity index (χ4n) is 3.08. The standard InChI is InChI=1S/C22H21N3O2S/c1-27-14-8-13-23-21(26)19-15-18-20(16-9-4-2-5-10-16)24-25(22(18)28-19)17-11-6-3-7-12-17/h2-7,9-12,15H,8,13-14H2,1H3,(H,23,26). The Morgan fingerprint density at radius 1 is 1.11 bits per heavy atom. The van der Waals surface area contributed by atoms with E-state index in [-0.39, 0.29) is 5.91 Å². The van der Waals surface area contributed by atoms with Gasteiger partial charge in [0, 0.05) is 31.2 Å². The van der Waals surface area contributed by atoms with Crippen LogP contribution < -0.4 is 5.32 Å². The third kappa shape index (κ3) is 3.69. The molecule has 1 amide bonds. The minimum absolute atomic E-state index is 0.0593. The number of carbonyl (C=O) groups excluding carboxylic acids is 1. The van der Waals surface area contributed by atoms with Crippen molar-refractivity contribution in [2.45, 2.75) is 6.42 Å². The summed E-state index contributed by atoms with van der Waals surface area (Å²) in [7, 11) is 1.66. The van der Waals surface area contributed by atoms with Gasteiger partial charge in [-0.1, -0.05) is 48.5 Å². The predicted octanol–water partition coefficient (Wildman–Crippen LogP) is 4.52. The normalized spacial score (nSPS) is 11.0. The van der Waals surface area contributed by atoms with Gasteiger partial charge in [0.25, 0.3) is 5.91 Å². The summed E-state index contributed by atoms with van der Waals surface area (Å²) in [6.45, 7) is 1.23. The van der Waals surface area contributed by atoms with Gasteiger partial charge in [0.15, 0.2) is 0 Å². The van der Waals surface area contributed by atoms with E-state index in [9.17, 15) is 4.79 Å². The number of nitrogens with zero attached hydrogens (tertiary/aromatic N) is 2. The maximum Gasteiger partial charge on any atom is 0.261 e. The topological polar surface area (TPSA) is 56.1 Å². The molecule has 1 N–H and O–H groups in total. The van der Waals surface area contributed by atoms with E-state index in [4.69, 9.17) is 9.84 Å². The van der Waals surface area contributed by atoms with Gasteiger partial charge in [-0.25, -0.2) is 4.68 Å². The summed E-state index contributed by atoms with van der Waals surface area (Å²) in [4.78, 5) is 14.3. The van der Waals surface area contributed by atoms with Crippen molar-refractivity contribution in [1.29, 1.82) is 0 Å². The SMILES string of the molecule is COCCCNC(=O)c1cc2c(-c3ccccc3)nn(-c3ccccc3)c2s1. The van der Waals surface area contributed by atoms with Crippen molar-refractivity contribution in [2.24, 2.45) is 0 Å². The van der Waals surface area contributed by atoms with Crippen molar-refractivity contribution in [1.82, 2.24) is 15.1 Å². The lowest BCUT2D eigenvalue weighted by atomic mass is 10.1. The van der Waals surface area contributed by atoms with Crippen LogP contribution in [-0.2, 0) is 4.74 Å². The summed E-state index contributed by atoms with van der Waals surface area (Å²) in [5, 5.41) is 8.81. The fourth-order valence-corrected chi connectivity index (χ4v) is 4.13. The molecule has 28 heavy (non-hydrogen) atoms. The van der Waals surface area contributed by atoms with E-state index in [0.717, 1.165) is 33.6 Å². The number of hydrogen-bond acceptors (Lipinski definition) is 4. The quantitative estimate of drug-likeness (QED) is 0.471. The van der Waals surface area contributed by atoms with Crippen LogP contribution in [0.3, 0.4) is 0 Å². The summed E-state index contributed by atoms with van der Waals surface area (Å²) in [5.41, 5.74) is 2.89. The zero-order chi connectivity index (χ0) is 19.3. The summed E-state index contributed by atoms with van der Waals surface area (Å²) >= 11 is 1.46. The Balaban J connectivity index is 1.75. The number of fused-ring (bicyclic) bond motifs is 1. The second-order valence-electron chi connectivity index (χ2n) is 6.39. The van der Waals surface area contributed by atoms with E-state index in [0.29, 0.717) is 18.0 Å². The number of nitrogens with one attached hydrogen (secondary N) is 1. The number of para-hydroxylation sites is 1. The van der Waals surface area contributed by atoms with Crippen LogP contribution in [0, 0.1) is 0 Å². The Bertz CT molecular complexity index is 999. The molecule has 142 valence electrons. The van der Waals surface area contributed by atoms with Crippen LogP contribution in [0.1, 0.15) is 16.1 Å². The molecule has 0 saturated heterocycles. The van der Waals surface area contributed by atoms with Crippen molar-refractivity contribution >= 4 is 27.5 Å². The first-order valence-corrected chi connectivity index (χ1v) is 10.00. The van der Waals surface area contributed by atoms with Gasteiger partial charge in [-0.2, -0.15) is 5.10 Å². The number of methoxy groups -OCH3 is 1. The number of aromatic nitrogens is 2. The number of benzene rings is 2. The first kappa shape index (κ1) is 18.4. The maximum absolute atomic E-state index is 12.6. The maximum atomic E-state index is 12.6. The van der Waals surface area contributed by atoms with E-state index in [1.54, 1.807) is 7.11 Å². The number of ether oxygens (including phenoxy) is 1. The highest BCUT2D eigenvalue weighted by Gasteiger charge is 2.19. The molecule has 0 aliphatic carbocycles. The third-order valence-corrected chi connectivity index (χ3v) is 5.55. The molecule has 0 radical (unpaired) electrons. The highest BCUT2D eigenvalue weighted by molar-refractivity contribution is 7.20. The average molecular weight is 391 g/mol. The molecule has 2 aromatic heterocycles. The highest BCUT2D eigenvalue weighted by Crippen LogP contribution is 2.35. The number of rotatable bonds is 7. The second-order valence-corrected chi connectivity index (χ2v) is 7.42. The first-order valence-electron chi connectivity index (χ1n) is 9.18. The molecule has 0 fully saturated rings. The molecule has 2 heterocycles. The molecule has 0 spiro atoms. The van der Waals surface area contributed by atoms with Crippen LogP contribution in [0.5, 0.6) is 0 Å². The lowest BCUT2D eigenvalue weighted by molar-refractivity contribution is 0.0952. The predicted molar refractivity (Wildman–Crippen MR) is 113 cm³/mol. The van der Waals surface area contributed by atoms with Crippen LogP contribution in [0.15, 0.2) is 66.7 Å². The molecule has 0 aliphatic heterocycles. The molecule has 0 bridgehead atoms. The molecule has 0 unspecified atom stereocenters. The number of carbonyl (C=O) groups is 1. The van der Waals surface area contributed by atoms with E-state index in [1.807, 2.05) is 71.4 Å². The Morgan fingerprint density at radius 2 is 1.82 bits per heavy atom. The lowest BCUT2D eigenvalue weighted by Crippen LogP contribution is -2.24. The molecule has 2 aromatic carbocycles. The van der Waals surface area contributed by atoms with Gasteiger partial charge in [0.1, 0.15) is 10.5 Å². The van der Waals surface area contributed by atoms with Gasteiger partial charge >= 0.3 is 0 Å². The van der Waals surface area contributed by atoms with Crippen LogP contribution >= 0.6 is 11.3 Å². The minimum Gasteiger partial charge on any atom is -0.385 e. The Morgan fingerprint density at radius 3 is 2.54 bits per heavy atom. The van der Waals surface area contributed by atoms with Crippen LogP contribution in [0.25, 0.3) is 27.2 Å². The molecule has 0 aliphatic rings. The number of amides is 1. The summed E-state index contributed by atoms with van der Waals surface area (Å²) in [6.07, 6.45) is 0.792. The summed E-state index contributed by atoms with van der Waals surface area (Å²) in [5.74, 6) is -0.0593. The van der Waals surface area contributed by atoms with Gasteiger partial charge in [-0.3, -0.25) is 4.79 Å². The van der Waals surface area contributed by atoms with Crippen molar-refractivity contribution in [3.63, 3.8) is 0 Å². The van der Waals surface area contributed by atoms with Crippen LogP contribution in [0.4, 0.5) is 0 Å². The Labute approximate surface area is 167 Å². The average Bonchev–Trinajstić information content (AvgIpc) is 3.32. The summed E-state index contributed by atoms with van der Waals surface area (Å²) < 4.78 is 6.95. The molecular formula is C22H21N3O2S. The van der Waals surface area contributed by atoms with Gasteiger partial charge < -0.3 is 10.1 Å². The van der Waals surface area contributed by atoms with Crippen molar-refractivity contribution in [2.75, 3.05) is 20.3 Å². The minimum atomic E-state index is -0.0593. The molecule has 4 aromatic rings. The van der Waals surface area contributed by atoms with E-state index in [2.05, 4.69) is 5.32 Å². The van der Waals surface area contributed by atoms with Crippen molar-refractivity contribution < 1.29 is 9.53 Å². The van der Waals surface area contributed by atoms with Crippen LogP contribution in [0.2, 0.25) is 0 Å². The molecule has 0 atom stereocenters. The number of hydrogen-bond donors (Lipinski definition) is 1. The van der Waals surface area contributed by atoms with E-state index >= 15 is 0 Å². The zero-order valence-electron chi connectivity index (χ0n) is 15.6. The fraction of sp³-hybridized carbons (Fsp3) is 0.182. The Kier molecular flexibility index (Phi) is 5.50. The molecule has 0 saturated carbocycles. The molecule has 5 nitrogen and oxygen atoms in total. The zero-order valence-corrected chi connectivity index (χ0v) is 16.4. The van der Waals surface area contributed by atoms with E-state index < -0.39 is 0 Å². The van der Waals surface area contributed by atoms with E-state index in [1.165, 1.54) is 11.3 Å². The summed E-state index contributed by atoms with van der Waals surface area (Å²) in [6, 6.07) is 22.0. The van der Waals surface area contributed by atoms with Crippen LogP contribution in [-0.4, -0.2) is 35.9 Å². The van der Waals surface area contributed by atoms with Gasteiger partial charge in [-0.05, 0) is 24.6 Å². The van der Waals surface area contributed by atoms with Gasteiger partial charge in [0.05, 0.1) is 10.6 Å². The third-order valence-electron chi connectivity index (χ3n) is 4.44. The Hall–Kier alpha value is -2.96. The smallest absolute Gasteiger partial charge is 0.261 e. The first-order chi connectivity index (χ1) is 13.8. The van der Waals surface area contributed by atoms with Gasteiger partial charge in [-0.15, -0.1) is 11.3 Å². The molecule has 4 rings (SSSR count). The van der Waals surface area contributed by atoms with Crippen molar-refractivity contribution in [3.8, 4) is 16.9 Å². The molecule has 6 heteroatoms. The lowest BCUT2D eigenvalue weighted by Gasteiger charge is -2.03. The van der Waals surface area contributed by atoms with Crippen molar-refractivity contribution in [3.05, 3.63) is 71.6 Å². The largest absolute Gasteiger partial charge is 0.385 e. The number of thiophene rings is 1. The molecular weight excluding hydrogens is 370 g/mol. The highest BCUT2D eigenvalue weighted by atomic mass is 32.1. The second kappa shape index (κ2) is 8.37.